The van der Waals surface area contributed by atoms with Crippen molar-refractivity contribution in [1.82, 2.24) is 4.90 Å². The van der Waals surface area contributed by atoms with Gasteiger partial charge in [-0.1, -0.05) is 12.1 Å². The Morgan fingerprint density at radius 3 is 2.09 bits per heavy atom. The molecule has 2 aromatic rings. The zero-order valence-electron chi connectivity index (χ0n) is 18.4. The van der Waals surface area contributed by atoms with Crippen molar-refractivity contribution < 1.29 is 31.9 Å². The Labute approximate surface area is 183 Å². The maximum Gasteiger partial charge on any atom is 0.419 e. The Kier molecular flexibility index (Phi) is 5.97. The molecular weight excluding hydrogens is 428 g/mol. The van der Waals surface area contributed by atoms with Crippen LogP contribution in [0.25, 0.3) is 0 Å². The number of urea groups is 1. The van der Waals surface area contributed by atoms with Crippen molar-refractivity contribution in [2.24, 2.45) is 0 Å². The standard InChI is InChI=1S/C23H24F4N2O3/c1-13-8-15(9-14(2)20(13)32-22(3,4)5)11-29-19(30)12-28(21(29)31)16-6-7-17(18(24)10-16)23(25,26)27/h6-10H,11-12H2,1-5H3. The van der Waals surface area contributed by atoms with Crippen LogP contribution in [0.15, 0.2) is 30.3 Å². The van der Waals surface area contributed by atoms with Crippen LogP contribution in [0, 0.1) is 19.7 Å². The molecule has 0 aromatic heterocycles. The second-order valence-corrected chi connectivity index (χ2v) is 8.78. The molecule has 0 atom stereocenters. The number of nitrogens with zero attached hydrogens (tertiary/aromatic N) is 2. The monoisotopic (exact) mass is 452 g/mol. The highest BCUT2D eigenvalue weighted by molar-refractivity contribution is 6.12. The van der Waals surface area contributed by atoms with Crippen LogP contribution in [-0.4, -0.2) is 29.0 Å². The van der Waals surface area contributed by atoms with E-state index >= 15 is 0 Å². The summed E-state index contributed by atoms with van der Waals surface area (Å²) in [5.41, 5.74) is 0.446. The first-order chi connectivity index (χ1) is 14.7. The summed E-state index contributed by atoms with van der Waals surface area (Å²) in [6.45, 7) is 9.12. The number of alkyl halides is 3. The van der Waals surface area contributed by atoms with Gasteiger partial charge < -0.3 is 4.74 Å². The maximum absolute atomic E-state index is 13.9. The van der Waals surface area contributed by atoms with E-state index in [1.54, 1.807) is 0 Å². The van der Waals surface area contributed by atoms with Gasteiger partial charge in [-0.15, -0.1) is 0 Å². The molecule has 32 heavy (non-hydrogen) atoms. The normalized spacial score (nSPS) is 15.0. The van der Waals surface area contributed by atoms with Gasteiger partial charge in [-0.2, -0.15) is 13.2 Å². The van der Waals surface area contributed by atoms with Crippen LogP contribution in [-0.2, 0) is 17.5 Å². The number of amides is 3. The highest BCUT2D eigenvalue weighted by Gasteiger charge is 2.39. The first-order valence-electron chi connectivity index (χ1n) is 9.95. The van der Waals surface area contributed by atoms with Gasteiger partial charge in [0.1, 0.15) is 23.7 Å². The molecule has 172 valence electrons. The van der Waals surface area contributed by atoms with Gasteiger partial charge in [-0.05, 0) is 69.5 Å². The molecule has 1 saturated heterocycles. The molecule has 1 aliphatic rings. The smallest absolute Gasteiger partial charge is 0.419 e. The Morgan fingerprint density at radius 2 is 1.59 bits per heavy atom. The fraction of sp³-hybridized carbons (Fsp3) is 0.391. The van der Waals surface area contributed by atoms with Gasteiger partial charge >= 0.3 is 12.2 Å². The molecule has 0 spiro atoms. The predicted molar refractivity (Wildman–Crippen MR) is 111 cm³/mol. The van der Waals surface area contributed by atoms with Crippen LogP contribution in [0.2, 0.25) is 0 Å². The number of imide groups is 1. The lowest BCUT2D eigenvalue weighted by molar-refractivity contribution is -0.140. The molecule has 0 unspecified atom stereocenters. The largest absolute Gasteiger partial charge is 0.488 e. The van der Waals surface area contributed by atoms with Gasteiger partial charge in [0.25, 0.3) is 5.91 Å². The zero-order chi connectivity index (χ0) is 24.0. The fourth-order valence-electron chi connectivity index (χ4n) is 3.58. The number of anilines is 1. The molecule has 0 bridgehead atoms. The molecule has 0 N–H and O–H groups in total. The third-order valence-electron chi connectivity index (χ3n) is 4.90. The minimum atomic E-state index is -4.85. The summed E-state index contributed by atoms with van der Waals surface area (Å²) in [4.78, 5) is 27.2. The SMILES string of the molecule is Cc1cc(CN2C(=O)CN(c3ccc(C(F)(F)F)c(F)c3)C2=O)cc(C)c1OC(C)(C)C. The average Bonchev–Trinajstić information content (AvgIpc) is 2.91. The summed E-state index contributed by atoms with van der Waals surface area (Å²) in [6, 6.07) is 5.06. The molecule has 3 amide bonds. The summed E-state index contributed by atoms with van der Waals surface area (Å²) in [6.07, 6.45) is -4.85. The van der Waals surface area contributed by atoms with Crippen LogP contribution in [0.5, 0.6) is 5.75 Å². The van der Waals surface area contributed by atoms with E-state index in [1.807, 2.05) is 46.8 Å². The average molecular weight is 452 g/mol. The van der Waals surface area contributed by atoms with Gasteiger partial charge in [0.05, 0.1) is 12.1 Å². The molecule has 0 aliphatic carbocycles. The second kappa shape index (κ2) is 8.11. The van der Waals surface area contributed by atoms with E-state index in [0.717, 1.165) is 32.7 Å². The van der Waals surface area contributed by atoms with Crippen LogP contribution in [0.3, 0.4) is 0 Å². The molecule has 1 fully saturated rings. The van der Waals surface area contributed by atoms with Gasteiger partial charge in [0, 0.05) is 5.69 Å². The molecule has 1 heterocycles. The summed E-state index contributed by atoms with van der Waals surface area (Å²) in [7, 11) is 0. The summed E-state index contributed by atoms with van der Waals surface area (Å²) in [5.74, 6) is -1.31. The topological polar surface area (TPSA) is 49.9 Å². The van der Waals surface area contributed by atoms with Gasteiger partial charge in [-0.3, -0.25) is 14.6 Å². The van der Waals surface area contributed by atoms with Crippen molar-refractivity contribution in [3.63, 3.8) is 0 Å². The number of ether oxygens (including phenoxy) is 1. The second-order valence-electron chi connectivity index (χ2n) is 8.78. The number of halogens is 4. The summed E-state index contributed by atoms with van der Waals surface area (Å²) < 4.78 is 58.3. The summed E-state index contributed by atoms with van der Waals surface area (Å²) >= 11 is 0. The minimum Gasteiger partial charge on any atom is -0.488 e. The molecule has 1 aliphatic heterocycles. The van der Waals surface area contributed by atoms with E-state index in [2.05, 4.69) is 0 Å². The van der Waals surface area contributed by atoms with Crippen LogP contribution < -0.4 is 9.64 Å². The molecule has 5 nitrogen and oxygen atoms in total. The lowest BCUT2D eigenvalue weighted by atomic mass is 10.0. The minimum absolute atomic E-state index is 0.0191. The number of hydrogen-bond donors (Lipinski definition) is 0. The quantitative estimate of drug-likeness (QED) is 0.448. The van der Waals surface area contributed by atoms with Crippen molar-refractivity contribution in [2.75, 3.05) is 11.4 Å². The van der Waals surface area contributed by atoms with Crippen molar-refractivity contribution in [3.05, 3.63) is 58.4 Å². The number of carbonyl (C=O) groups excluding carboxylic acids is 2. The number of aryl methyl sites for hydroxylation is 2. The highest BCUT2D eigenvalue weighted by atomic mass is 19.4. The van der Waals surface area contributed by atoms with Crippen LogP contribution in [0.4, 0.5) is 28.0 Å². The molecule has 0 saturated carbocycles. The number of rotatable bonds is 4. The zero-order valence-corrected chi connectivity index (χ0v) is 18.4. The molecule has 3 rings (SSSR count). The van der Waals surface area contributed by atoms with E-state index in [0.29, 0.717) is 17.7 Å². The Balaban J connectivity index is 1.82. The van der Waals surface area contributed by atoms with Crippen LogP contribution >= 0.6 is 0 Å². The molecule has 9 heteroatoms. The van der Waals surface area contributed by atoms with Crippen molar-refractivity contribution in [2.45, 2.75) is 52.9 Å². The predicted octanol–water partition coefficient (Wildman–Crippen LogP) is 5.61. The first kappa shape index (κ1) is 23.6. The van der Waals surface area contributed by atoms with Crippen molar-refractivity contribution in [3.8, 4) is 5.75 Å². The fourth-order valence-corrected chi connectivity index (χ4v) is 3.58. The maximum atomic E-state index is 13.9. The number of benzene rings is 2. The molecule has 2 aromatic carbocycles. The van der Waals surface area contributed by atoms with Crippen LogP contribution in [0.1, 0.15) is 43.0 Å². The third kappa shape index (κ3) is 4.87. The van der Waals surface area contributed by atoms with E-state index in [-0.39, 0.29) is 18.8 Å². The number of carbonyl (C=O) groups is 2. The Bertz CT molecular complexity index is 1050. The molecular formula is C23H24F4N2O3. The lowest BCUT2D eigenvalue weighted by Gasteiger charge is -2.25. The van der Waals surface area contributed by atoms with Crippen molar-refractivity contribution >= 4 is 17.6 Å². The van der Waals surface area contributed by atoms with Gasteiger partial charge in [0.2, 0.25) is 0 Å². The summed E-state index contributed by atoms with van der Waals surface area (Å²) in [5, 5.41) is 0. The highest BCUT2D eigenvalue weighted by Crippen LogP contribution is 2.34. The number of hydrogen-bond acceptors (Lipinski definition) is 3. The lowest BCUT2D eigenvalue weighted by Crippen LogP contribution is -2.32. The van der Waals surface area contributed by atoms with Gasteiger partial charge in [0.15, 0.2) is 0 Å². The molecule has 0 radical (unpaired) electrons. The van der Waals surface area contributed by atoms with E-state index in [9.17, 15) is 27.2 Å². The Morgan fingerprint density at radius 1 is 1.00 bits per heavy atom. The van der Waals surface area contributed by atoms with Crippen molar-refractivity contribution in [1.29, 1.82) is 0 Å². The first-order valence-corrected chi connectivity index (χ1v) is 9.95. The van der Waals surface area contributed by atoms with E-state index < -0.39 is 35.1 Å². The van der Waals surface area contributed by atoms with E-state index in [1.165, 1.54) is 0 Å². The van der Waals surface area contributed by atoms with E-state index in [4.69, 9.17) is 4.74 Å². The Hall–Kier alpha value is -3.10. The third-order valence-corrected chi connectivity index (χ3v) is 4.90. The van der Waals surface area contributed by atoms with Gasteiger partial charge in [-0.25, -0.2) is 9.18 Å².